The van der Waals surface area contributed by atoms with Gasteiger partial charge in [0, 0.05) is 56.7 Å². The van der Waals surface area contributed by atoms with Gasteiger partial charge in [0.05, 0.1) is 5.69 Å². The van der Waals surface area contributed by atoms with Crippen LogP contribution in [0.25, 0.3) is 0 Å². The number of rotatable bonds is 6. The predicted octanol–water partition coefficient (Wildman–Crippen LogP) is 2.49. The van der Waals surface area contributed by atoms with Gasteiger partial charge >= 0.3 is 0 Å². The fraction of sp³-hybridized carbons (Fsp3) is 0.524. The van der Waals surface area contributed by atoms with Crippen LogP contribution in [-0.2, 0) is 26.4 Å². The normalized spacial score (nSPS) is 17.4. The van der Waals surface area contributed by atoms with E-state index in [1.165, 1.54) is 22.6 Å². The number of para-hydroxylation sites is 1. The van der Waals surface area contributed by atoms with Crippen LogP contribution in [0.2, 0.25) is 0 Å². The highest BCUT2D eigenvalue weighted by atomic mass is 15.3. The molecule has 2 heterocycles. The first-order chi connectivity index (χ1) is 13.2. The molecule has 1 aliphatic heterocycles. The van der Waals surface area contributed by atoms with E-state index >= 15 is 0 Å². The highest BCUT2D eigenvalue weighted by molar-refractivity contribution is 5.80. The molecule has 1 unspecified atom stereocenters. The van der Waals surface area contributed by atoms with Crippen molar-refractivity contribution in [2.75, 3.05) is 25.0 Å². The van der Waals surface area contributed by atoms with Crippen LogP contribution in [0, 0.1) is 0 Å². The van der Waals surface area contributed by atoms with Crippen molar-refractivity contribution in [3.63, 3.8) is 0 Å². The standard InChI is InChI=1S/C21H32N6/c1-5-19-18(20(6-2)26(4)25-19)14-23-21(22-3)24-16-12-13-27(15-16)17-10-8-7-9-11-17/h7-11,16H,5-6,12-15H2,1-4H3,(H2,22,23,24). The van der Waals surface area contributed by atoms with Crippen molar-refractivity contribution in [1.82, 2.24) is 20.4 Å². The van der Waals surface area contributed by atoms with Crippen molar-refractivity contribution in [1.29, 1.82) is 0 Å². The van der Waals surface area contributed by atoms with Gasteiger partial charge in [-0.1, -0.05) is 32.0 Å². The van der Waals surface area contributed by atoms with E-state index in [4.69, 9.17) is 0 Å². The third-order valence-corrected chi connectivity index (χ3v) is 5.33. The number of aliphatic imine (C=N–C) groups is 1. The second-order valence-electron chi connectivity index (χ2n) is 7.04. The van der Waals surface area contributed by atoms with E-state index in [0.717, 1.165) is 44.9 Å². The first-order valence-electron chi connectivity index (χ1n) is 9.97. The summed E-state index contributed by atoms with van der Waals surface area (Å²) in [5.41, 5.74) is 5.07. The molecule has 0 aliphatic carbocycles. The molecule has 1 aromatic carbocycles. The zero-order chi connectivity index (χ0) is 19.2. The molecule has 3 rings (SSSR count). The molecule has 6 heteroatoms. The number of guanidine groups is 1. The lowest BCUT2D eigenvalue weighted by molar-refractivity contribution is 0.647. The van der Waals surface area contributed by atoms with E-state index in [1.54, 1.807) is 0 Å². The maximum Gasteiger partial charge on any atom is 0.191 e. The molecule has 0 bridgehead atoms. The number of aromatic nitrogens is 2. The minimum Gasteiger partial charge on any atom is -0.369 e. The predicted molar refractivity (Wildman–Crippen MR) is 112 cm³/mol. The number of hydrogen-bond donors (Lipinski definition) is 2. The second-order valence-corrected chi connectivity index (χ2v) is 7.04. The lowest BCUT2D eigenvalue weighted by Gasteiger charge is -2.20. The number of hydrogen-bond acceptors (Lipinski definition) is 3. The Labute approximate surface area is 162 Å². The van der Waals surface area contributed by atoms with E-state index in [0.29, 0.717) is 6.04 Å². The van der Waals surface area contributed by atoms with Crippen LogP contribution in [0.5, 0.6) is 0 Å². The van der Waals surface area contributed by atoms with Gasteiger partial charge in [0.2, 0.25) is 0 Å². The minimum atomic E-state index is 0.404. The van der Waals surface area contributed by atoms with Crippen LogP contribution in [0.1, 0.15) is 37.2 Å². The summed E-state index contributed by atoms with van der Waals surface area (Å²) in [4.78, 5) is 6.86. The Morgan fingerprint density at radius 1 is 1.22 bits per heavy atom. The van der Waals surface area contributed by atoms with Crippen LogP contribution < -0.4 is 15.5 Å². The number of aryl methyl sites for hydroxylation is 2. The molecule has 1 aliphatic rings. The van der Waals surface area contributed by atoms with Crippen molar-refractivity contribution >= 4 is 11.6 Å². The molecule has 1 atom stereocenters. The summed E-state index contributed by atoms with van der Waals surface area (Å²) in [6.45, 7) is 7.17. The number of nitrogens with one attached hydrogen (secondary N) is 2. The lowest BCUT2D eigenvalue weighted by atomic mass is 10.1. The van der Waals surface area contributed by atoms with Crippen molar-refractivity contribution in [2.24, 2.45) is 12.0 Å². The molecule has 1 saturated heterocycles. The molecule has 1 aromatic heterocycles. The Hall–Kier alpha value is -2.50. The average Bonchev–Trinajstić information content (AvgIpc) is 3.29. The molecule has 0 radical (unpaired) electrons. The van der Waals surface area contributed by atoms with Gasteiger partial charge < -0.3 is 15.5 Å². The summed E-state index contributed by atoms with van der Waals surface area (Å²) in [7, 11) is 3.87. The number of anilines is 1. The van der Waals surface area contributed by atoms with E-state index in [1.807, 2.05) is 18.8 Å². The van der Waals surface area contributed by atoms with Gasteiger partial charge in [0.1, 0.15) is 0 Å². The summed E-state index contributed by atoms with van der Waals surface area (Å²) < 4.78 is 2.01. The van der Waals surface area contributed by atoms with Crippen LogP contribution in [0.15, 0.2) is 35.3 Å². The maximum atomic E-state index is 4.66. The van der Waals surface area contributed by atoms with E-state index < -0.39 is 0 Å². The largest absolute Gasteiger partial charge is 0.369 e. The van der Waals surface area contributed by atoms with Gasteiger partial charge in [-0.05, 0) is 31.4 Å². The molecular weight excluding hydrogens is 336 g/mol. The Morgan fingerprint density at radius 2 is 2.00 bits per heavy atom. The van der Waals surface area contributed by atoms with Gasteiger partial charge in [-0.25, -0.2) is 0 Å². The monoisotopic (exact) mass is 368 g/mol. The highest BCUT2D eigenvalue weighted by Gasteiger charge is 2.23. The zero-order valence-corrected chi connectivity index (χ0v) is 17.0. The summed E-state index contributed by atoms with van der Waals surface area (Å²) >= 11 is 0. The molecule has 146 valence electrons. The average molecular weight is 369 g/mol. The first kappa shape index (κ1) is 19.3. The van der Waals surface area contributed by atoms with Gasteiger partial charge in [-0.2, -0.15) is 5.10 Å². The molecule has 0 spiro atoms. The molecule has 27 heavy (non-hydrogen) atoms. The van der Waals surface area contributed by atoms with Crippen LogP contribution >= 0.6 is 0 Å². The van der Waals surface area contributed by atoms with Crippen LogP contribution in [0.3, 0.4) is 0 Å². The SMILES string of the molecule is CCc1nn(C)c(CC)c1CNC(=NC)NC1CCN(c2ccccc2)C1. The molecule has 1 fully saturated rings. The topological polar surface area (TPSA) is 57.5 Å². The Balaban J connectivity index is 1.58. The lowest BCUT2D eigenvalue weighted by Crippen LogP contribution is -2.44. The summed E-state index contributed by atoms with van der Waals surface area (Å²) in [5.74, 6) is 0.864. The Morgan fingerprint density at radius 3 is 2.67 bits per heavy atom. The number of nitrogens with zero attached hydrogens (tertiary/aromatic N) is 4. The van der Waals surface area contributed by atoms with Crippen molar-refractivity contribution in [3.8, 4) is 0 Å². The maximum absolute atomic E-state index is 4.66. The Bertz CT molecular complexity index is 764. The first-order valence-corrected chi connectivity index (χ1v) is 9.97. The molecule has 6 nitrogen and oxygen atoms in total. The molecule has 0 amide bonds. The van der Waals surface area contributed by atoms with Gasteiger partial charge in [0.15, 0.2) is 5.96 Å². The van der Waals surface area contributed by atoms with Crippen molar-refractivity contribution in [2.45, 2.75) is 45.7 Å². The van der Waals surface area contributed by atoms with Gasteiger partial charge in [-0.3, -0.25) is 9.67 Å². The van der Waals surface area contributed by atoms with Crippen LogP contribution in [-0.4, -0.2) is 41.9 Å². The van der Waals surface area contributed by atoms with Gasteiger partial charge in [0.25, 0.3) is 0 Å². The third kappa shape index (κ3) is 4.43. The molecular formula is C21H32N6. The molecule has 2 N–H and O–H groups in total. The van der Waals surface area contributed by atoms with Crippen molar-refractivity contribution in [3.05, 3.63) is 47.3 Å². The fourth-order valence-electron chi connectivity index (χ4n) is 3.91. The Kier molecular flexibility index (Phi) is 6.37. The summed E-state index contributed by atoms with van der Waals surface area (Å²) in [6, 6.07) is 11.0. The summed E-state index contributed by atoms with van der Waals surface area (Å²) in [6.07, 6.45) is 3.05. The van der Waals surface area contributed by atoms with E-state index in [2.05, 4.69) is 69.8 Å². The van der Waals surface area contributed by atoms with Gasteiger partial charge in [-0.15, -0.1) is 0 Å². The van der Waals surface area contributed by atoms with E-state index in [-0.39, 0.29) is 0 Å². The minimum absolute atomic E-state index is 0.404. The summed E-state index contributed by atoms with van der Waals surface area (Å²) in [5, 5.41) is 11.7. The molecule has 0 saturated carbocycles. The third-order valence-electron chi connectivity index (χ3n) is 5.33. The van der Waals surface area contributed by atoms with E-state index in [9.17, 15) is 0 Å². The fourth-order valence-corrected chi connectivity index (χ4v) is 3.91. The molecule has 2 aromatic rings. The van der Waals surface area contributed by atoms with Crippen LogP contribution in [0.4, 0.5) is 5.69 Å². The quantitative estimate of drug-likeness (QED) is 0.608. The smallest absolute Gasteiger partial charge is 0.191 e. The highest BCUT2D eigenvalue weighted by Crippen LogP contribution is 2.20. The second kappa shape index (κ2) is 8.93. The van der Waals surface area contributed by atoms with Crippen molar-refractivity contribution < 1.29 is 0 Å². The zero-order valence-electron chi connectivity index (χ0n) is 17.0. The number of benzene rings is 1.